The number of aliphatic hydroxyl groups is 1. The Morgan fingerprint density at radius 3 is 2.31 bits per heavy atom. The molecule has 0 bridgehead atoms. The van der Waals surface area contributed by atoms with Gasteiger partial charge in [0, 0.05) is 39.0 Å². The maximum atomic E-state index is 12.1. The number of aliphatic hydroxyl groups excluding tert-OH is 1. The molecule has 4 rings (SSSR count). The van der Waals surface area contributed by atoms with E-state index in [1.54, 1.807) is 30.3 Å². The summed E-state index contributed by atoms with van der Waals surface area (Å²) in [4.78, 5) is 23.6. The predicted molar refractivity (Wildman–Crippen MR) is 111 cm³/mol. The lowest BCUT2D eigenvalue weighted by molar-refractivity contribution is -0.146. The van der Waals surface area contributed by atoms with E-state index >= 15 is 0 Å². The van der Waals surface area contributed by atoms with Gasteiger partial charge in [0.1, 0.15) is 0 Å². The number of carboxylic acid groups (broad SMARTS) is 1. The largest absolute Gasteiger partial charge is 0.479 e. The Morgan fingerprint density at radius 1 is 1.00 bits per heavy atom. The van der Waals surface area contributed by atoms with Crippen molar-refractivity contribution in [2.45, 2.75) is 12.6 Å². The molecule has 1 amide bonds. The van der Waals surface area contributed by atoms with E-state index in [0.29, 0.717) is 33.4 Å². The first kappa shape index (κ1) is 19.0. The zero-order valence-electron chi connectivity index (χ0n) is 15.2. The molecular formula is C22H17ClN2O4. The molecule has 3 aromatic carbocycles. The van der Waals surface area contributed by atoms with Crippen LogP contribution >= 0.6 is 11.6 Å². The molecular weight excluding hydrogens is 392 g/mol. The second-order valence-electron chi connectivity index (χ2n) is 6.76. The highest BCUT2D eigenvalue weighted by Gasteiger charge is 2.24. The lowest BCUT2D eigenvalue weighted by Gasteiger charge is -2.10. The topological polar surface area (TPSA) is 106 Å². The number of aliphatic carboxylic acids is 1. The van der Waals surface area contributed by atoms with Crippen LogP contribution in [-0.2, 0) is 11.3 Å². The van der Waals surface area contributed by atoms with Gasteiger partial charge in [-0.3, -0.25) is 4.79 Å². The quantitative estimate of drug-likeness (QED) is 0.468. The summed E-state index contributed by atoms with van der Waals surface area (Å²) in [6, 6.07) is 17.6. The zero-order valence-corrected chi connectivity index (χ0v) is 15.9. The third-order valence-electron chi connectivity index (χ3n) is 4.97. The van der Waals surface area contributed by atoms with Crippen molar-refractivity contribution in [3.63, 3.8) is 0 Å². The van der Waals surface area contributed by atoms with Gasteiger partial charge in [0.25, 0.3) is 0 Å². The molecule has 0 radical (unpaired) electrons. The number of amides is 1. The van der Waals surface area contributed by atoms with Crippen LogP contribution in [0.15, 0.2) is 60.7 Å². The van der Waals surface area contributed by atoms with Crippen LogP contribution in [0.1, 0.15) is 27.6 Å². The van der Waals surface area contributed by atoms with Crippen LogP contribution in [0.4, 0.5) is 0 Å². The minimum atomic E-state index is -1.73. The van der Waals surface area contributed by atoms with Crippen molar-refractivity contribution in [1.29, 1.82) is 0 Å². The first-order valence-corrected chi connectivity index (χ1v) is 9.25. The minimum Gasteiger partial charge on any atom is -0.479 e. The number of nitrogens with zero attached hydrogens (tertiary/aromatic N) is 1. The molecule has 1 unspecified atom stereocenters. The number of primary amides is 1. The van der Waals surface area contributed by atoms with E-state index < -0.39 is 18.0 Å². The van der Waals surface area contributed by atoms with Gasteiger partial charge in [0.2, 0.25) is 5.91 Å². The third-order valence-corrected chi connectivity index (χ3v) is 5.21. The van der Waals surface area contributed by atoms with Gasteiger partial charge in [-0.25, -0.2) is 4.79 Å². The molecule has 1 atom stereocenters. The van der Waals surface area contributed by atoms with E-state index in [9.17, 15) is 19.8 Å². The second-order valence-corrected chi connectivity index (χ2v) is 7.20. The maximum absolute atomic E-state index is 12.1. The van der Waals surface area contributed by atoms with Crippen molar-refractivity contribution in [2.24, 2.45) is 5.73 Å². The van der Waals surface area contributed by atoms with Gasteiger partial charge in [0.05, 0.1) is 5.52 Å². The van der Waals surface area contributed by atoms with Crippen LogP contribution in [0.3, 0.4) is 0 Å². The molecule has 6 nitrogen and oxygen atoms in total. The number of nitrogens with two attached hydrogens (primary N) is 1. The van der Waals surface area contributed by atoms with Crippen molar-refractivity contribution in [1.82, 2.24) is 4.57 Å². The van der Waals surface area contributed by atoms with Gasteiger partial charge in [-0.15, -0.1) is 0 Å². The highest BCUT2D eigenvalue weighted by Crippen LogP contribution is 2.37. The summed E-state index contributed by atoms with van der Waals surface area (Å²) >= 11 is 6.12. The Labute approximate surface area is 170 Å². The second kappa shape index (κ2) is 7.24. The number of fused-ring (bicyclic) bond motifs is 3. The van der Waals surface area contributed by atoms with Crippen molar-refractivity contribution >= 4 is 45.3 Å². The molecule has 7 heteroatoms. The lowest BCUT2D eigenvalue weighted by atomic mass is 9.99. The summed E-state index contributed by atoms with van der Waals surface area (Å²) in [6.45, 7) is 0.440. The molecule has 0 spiro atoms. The van der Waals surface area contributed by atoms with Crippen LogP contribution < -0.4 is 5.73 Å². The molecule has 29 heavy (non-hydrogen) atoms. The smallest absolute Gasteiger partial charge is 0.337 e. The van der Waals surface area contributed by atoms with Crippen molar-refractivity contribution in [2.75, 3.05) is 0 Å². The number of halogens is 1. The molecule has 1 aromatic heterocycles. The number of carbonyl (C=O) groups is 2. The van der Waals surface area contributed by atoms with E-state index in [1.165, 1.54) is 0 Å². The summed E-state index contributed by atoms with van der Waals surface area (Å²) in [5.74, 6) is -2.00. The lowest BCUT2D eigenvalue weighted by Crippen LogP contribution is -2.12. The standard InChI is InChI=1S/C22H17ClN2O4/c23-13-5-1-4-12(10-13)11-25-16-8-2-6-14(20(26)22(28)29)18(16)19-15(21(24)27)7-3-9-17(19)25/h1-10,20,26H,11H2,(H2,24,27)(H,28,29). The Kier molecular flexibility index (Phi) is 4.74. The first-order valence-electron chi connectivity index (χ1n) is 8.87. The normalized spacial score (nSPS) is 12.3. The fourth-order valence-corrected chi connectivity index (χ4v) is 3.98. The molecule has 0 fully saturated rings. The molecule has 0 aliphatic carbocycles. The number of hydrogen-bond acceptors (Lipinski definition) is 3. The summed E-state index contributed by atoms with van der Waals surface area (Å²) in [7, 11) is 0. The number of carbonyl (C=O) groups excluding carboxylic acids is 1. The third kappa shape index (κ3) is 3.22. The summed E-state index contributed by atoms with van der Waals surface area (Å²) in [5, 5.41) is 21.2. The van der Waals surface area contributed by atoms with E-state index in [4.69, 9.17) is 17.3 Å². The van der Waals surface area contributed by atoms with Crippen LogP contribution in [0.25, 0.3) is 21.8 Å². The maximum Gasteiger partial charge on any atom is 0.337 e. The van der Waals surface area contributed by atoms with Gasteiger partial charge in [-0.2, -0.15) is 0 Å². The molecule has 146 valence electrons. The van der Waals surface area contributed by atoms with E-state index in [1.807, 2.05) is 34.9 Å². The number of benzene rings is 3. The van der Waals surface area contributed by atoms with Gasteiger partial charge < -0.3 is 20.5 Å². The highest BCUT2D eigenvalue weighted by atomic mass is 35.5. The number of hydrogen-bond donors (Lipinski definition) is 3. The zero-order chi connectivity index (χ0) is 20.7. The molecule has 4 aromatic rings. The van der Waals surface area contributed by atoms with E-state index in [-0.39, 0.29) is 11.1 Å². The Bertz CT molecular complexity index is 1280. The Hall–Kier alpha value is -3.35. The Balaban J connectivity index is 2.10. The fourth-order valence-electron chi connectivity index (χ4n) is 3.77. The van der Waals surface area contributed by atoms with Gasteiger partial charge in [-0.05, 0) is 35.9 Å². The molecule has 0 saturated carbocycles. The fraction of sp³-hybridized carbons (Fsp3) is 0.0909. The number of rotatable bonds is 5. The SMILES string of the molecule is NC(=O)c1cccc2c1c1c(C(O)C(=O)O)cccc1n2Cc1cccc(Cl)c1. The number of carboxylic acids is 1. The molecule has 0 aliphatic heterocycles. The molecule has 0 aliphatic rings. The molecule has 4 N–H and O–H groups in total. The van der Waals surface area contributed by atoms with Crippen molar-refractivity contribution in [3.05, 3.63) is 82.4 Å². The average Bonchev–Trinajstić information content (AvgIpc) is 3.01. The van der Waals surface area contributed by atoms with Gasteiger partial charge >= 0.3 is 5.97 Å². The molecule has 0 saturated heterocycles. The van der Waals surface area contributed by atoms with E-state index in [2.05, 4.69) is 0 Å². The first-order chi connectivity index (χ1) is 13.9. The van der Waals surface area contributed by atoms with Crippen molar-refractivity contribution < 1.29 is 19.8 Å². The number of aromatic nitrogens is 1. The highest BCUT2D eigenvalue weighted by molar-refractivity contribution is 6.30. The molecule has 1 heterocycles. The van der Waals surface area contributed by atoms with Crippen LogP contribution in [0, 0.1) is 0 Å². The predicted octanol–water partition coefficient (Wildman–Crippen LogP) is 3.71. The minimum absolute atomic E-state index is 0.207. The summed E-state index contributed by atoms with van der Waals surface area (Å²) < 4.78 is 1.96. The van der Waals surface area contributed by atoms with Crippen molar-refractivity contribution in [3.8, 4) is 0 Å². The van der Waals surface area contributed by atoms with Crippen LogP contribution in [0.2, 0.25) is 5.02 Å². The average molecular weight is 409 g/mol. The van der Waals surface area contributed by atoms with Gasteiger partial charge in [0.15, 0.2) is 6.10 Å². The monoisotopic (exact) mass is 408 g/mol. The van der Waals surface area contributed by atoms with Gasteiger partial charge in [-0.1, -0.05) is 41.9 Å². The summed E-state index contributed by atoms with van der Waals surface area (Å²) in [6.07, 6.45) is -1.73. The van der Waals surface area contributed by atoms with Crippen LogP contribution in [0.5, 0.6) is 0 Å². The van der Waals surface area contributed by atoms with Crippen LogP contribution in [-0.4, -0.2) is 26.7 Å². The Morgan fingerprint density at radius 2 is 1.66 bits per heavy atom. The summed E-state index contributed by atoms with van der Waals surface area (Å²) in [5.41, 5.74) is 8.40. The van der Waals surface area contributed by atoms with E-state index in [0.717, 1.165) is 5.56 Å².